The smallest absolute Gasteiger partial charge is 0.336 e. The Kier molecular flexibility index (Phi) is 9.00. The maximum absolute atomic E-state index is 13.2. The second-order valence-electron chi connectivity index (χ2n) is 9.61. The molecule has 0 spiro atoms. The van der Waals surface area contributed by atoms with Crippen LogP contribution in [0.2, 0.25) is 5.02 Å². The van der Waals surface area contributed by atoms with Gasteiger partial charge < -0.3 is 15.0 Å². The van der Waals surface area contributed by atoms with Crippen LogP contribution < -0.4 is 5.32 Å². The minimum Gasteiger partial charge on any atom is -0.463 e. The highest BCUT2D eigenvalue weighted by Crippen LogP contribution is 2.37. The standard InChI is InChI=1S/C29H34ClN3O4/c1-3-37-29(36)28-20(2)33(27(35)17-25(28)22-10-7-11-23(30)16-22)19-26(34)31-24-12-14-32(15-13-24)18-21-8-5-4-6-9-21/h4-11,16,24-25H,3,12-15,17-19H2,1-2H3,(H,31,34). The van der Waals surface area contributed by atoms with E-state index >= 15 is 0 Å². The molecule has 0 saturated carbocycles. The number of hydrogen-bond acceptors (Lipinski definition) is 5. The van der Waals surface area contributed by atoms with E-state index in [1.807, 2.05) is 24.3 Å². The Balaban J connectivity index is 1.41. The molecule has 4 rings (SSSR count). The zero-order valence-corrected chi connectivity index (χ0v) is 22.2. The number of amides is 2. The maximum atomic E-state index is 13.2. The van der Waals surface area contributed by atoms with E-state index in [-0.39, 0.29) is 37.4 Å². The summed E-state index contributed by atoms with van der Waals surface area (Å²) in [6.07, 6.45) is 1.77. The Labute approximate surface area is 223 Å². The number of halogens is 1. The predicted octanol–water partition coefficient (Wildman–Crippen LogP) is 4.27. The number of nitrogens with zero attached hydrogens (tertiary/aromatic N) is 2. The zero-order chi connectivity index (χ0) is 26.4. The number of benzene rings is 2. The van der Waals surface area contributed by atoms with Crippen molar-refractivity contribution in [3.8, 4) is 0 Å². The Morgan fingerprint density at radius 3 is 2.49 bits per heavy atom. The molecule has 7 nitrogen and oxygen atoms in total. The van der Waals surface area contributed by atoms with Crippen LogP contribution in [0.3, 0.4) is 0 Å². The number of rotatable bonds is 8. The van der Waals surface area contributed by atoms with Crippen molar-refractivity contribution in [1.29, 1.82) is 0 Å². The molecule has 2 aliphatic heterocycles. The first-order chi connectivity index (χ1) is 17.9. The van der Waals surface area contributed by atoms with Gasteiger partial charge in [-0.15, -0.1) is 0 Å². The van der Waals surface area contributed by atoms with E-state index in [9.17, 15) is 14.4 Å². The lowest BCUT2D eigenvalue weighted by Crippen LogP contribution is -2.49. The van der Waals surface area contributed by atoms with E-state index < -0.39 is 11.9 Å². The summed E-state index contributed by atoms with van der Waals surface area (Å²) >= 11 is 6.18. The minimum atomic E-state index is -0.478. The summed E-state index contributed by atoms with van der Waals surface area (Å²) in [5.74, 6) is -1.38. The molecule has 2 aliphatic rings. The van der Waals surface area contributed by atoms with Gasteiger partial charge in [-0.1, -0.05) is 54.1 Å². The Hall–Kier alpha value is -3.16. The number of allylic oxidation sites excluding steroid dienone is 1. The number of esters is 1. The van der Waals surface area contributed by atoms with Crippen LogP contribution in [0, 0.1) is 0 Å². The molecule has 2 aromatic carbocycles. The van der Waals surface area contributed by atoms with Crippen molar-refractivity contribution in [2.75, 3.05) is 26.2 Å². The van der Waals surface area contributed by atoms with Crippen LogP contribution in [-0.2, 0) is 25.7 Å². The maximum Gasteiger partial charge on any atom is 0.336 e. The molecule has 196 valence electrons. The molecule has 1 atom stereocenters. The number of piperidine rings is 1. The van der Waals surface area contributed by atoms with E-state index in [4.69, 9.17) is 16.3 Å². The van der Waals surface area contributed by atoms with Gasteiger partial charge in [0.2, 0.25) is 11.8 Å². The van der Waals surface area contributed by atoms with E-state index in [0.717, 1.165) is 38.0 Å². The molecule has 1 unspecified atom stereocenters. The predicted molar refractivity (Wildman–Crippen MR) is 143 cm³/mol. The minimum absolute atomic E-state index is 0.0624. The molecule has 37 heavy (non-hydrogen) atoms. The van der Waals surface area contributed by atoms with Crippen molar-refractivity contribution in [2.45, 2.75) is 51.6 Å². The molecule has 0 aliphatic carbocycles. The topological polar surface area (TPSA) is 79.0 Å². The third-order valence-electron chi connectivity index (χ3n) is 7.07. The summed E-state index contributed by atoms with van der Waals surface area (Å²) < 4.78 is 5.32. The first-order valence-electron chi connectivity index (χ1n) is 12.8. The number of ether oxygens (including phenoxy) is 1. The van der Waals surface area contributed by atoms with Crippen molar-refractivity contribution in [3.05, 3.63) is 82.0 Å². The number of carbonyl (C=O) groups is 3. The van der Waals surface area contributed by atoms with Crippen LogP contribution in [0.1, 0.15) is 50.2 Å². The molecule has 8 heteroatoms. The lowest BCUT2D eigenvalue weighted by Gasteiger charge is -2.35. The van der Waals surface area contributed by atoms with Crippen LogP contribution in [-0.4, -0.2) is 59.9 Å². The molecule has 1 saturated heterocycles. The summed E-state index contributed by atoms with van der Waals surface area (Å²) in [7, 11) is 0. The molecule has 0 radical (unpaired) electrons. The fourth-order valence-electron chi connectivity index (χ4n) is 5.18. The second-order valence-corrected chi connectivity index (χ2v) is 10.1. The van der Waals surface area contributed by atoms with Gasteiger partial charge in [-0.3, -0.25) is 14.5 Å². The number of likely N-dealkylation sites (tertiary alicyclic amines) is 1. The molecule has 1 N–H and O–H groups in total. The molecule has 0 bridgehead atoms. The van der Waals surface area contributed by atoms with Crippen molar-refractivity contribution in [2.24, 2.45) is 0 Å². The van der Waals surface area contributed by atoms with E-state index in [1.54, 1.807) is 32.0 Å². The van der Waals surface area contributed by atoms with Crippen LogP contribution in [0.25, 0.3) is 0 Å². The summed E-state index contributed by atoms with van der Waals surface area (Å²) in [6, 6.07) is 17.6. The Bertz CT molecular complexity index is 1160. The number of carbonyl (C=O) groups excluding carboxylic acids is 3. The monoisotopic (exact) mass is 523 g/mol. The summed E-state index contributed by atoms with van der Waals surface area (Å²) in [6.45, 7) is 6.24. The normalized spacial score (nSPS) is 19.2. The van der Waals surface area contributed by atoms with Crippen molar-refractivity contribution >= 4 is 29.4 Å². The number of hydrogen-bond donors (Lipinski definition) is 1. The van der Waals surface area contributed by atoms with Crippen LogP contribution in [0.15, 0.2) is 65.9 Å². The molecule has 2 heterocycles. The molecular formula is C29H34ClN3O4. The van der Waals surface area contributed by atoms with Crippen LogP contribution >= 0.6 is 11.6 Å². The molecule has 2 amide bonds. The van der Waals surface area contributed by atoms with Crippen molar-refractivity contribution in [3.63, 3.8) is 0 Å². The number of nitrogens with one attached hydrogen (secondary N) is 1. The van der Waals surface area contributed by atoms with Gasteiger partial charge in [-0.05, 0) is 49.9 Å². The lowest BCUT2D eigenvalue weighted by atomic mass is 9.83. The molecular weight excluding hydrogens is 490 g/mol. The van der Waals surface area contributed by atoms with Crippen molar-refractivity contribution < 1.29 is 19.1 Å². The second kappa shape index (κ2) is 12.4. The van der Waals surface area contributed by atoms with Crippen LogP contribution in [0.4, 0.5) is 0 Å². The average Bonchev–Trinajstić information content (AvgIpc) is 2.88. The SMILES string of the molecule is CCOC(=O)C1=C(C)N(CC(=O)NC2CCN(Cc3ccccc3)CC2)C(=O)CC1c1cccc(Cl)c1. The van der Waals surface area contributed by atoms with Gasteiger partial charge in [0.15, 0.2) is 0 Å². The third-order valence-corrected chi connectivity index (χ3v) is 7.31. The van der Waals surface area contributed by atoms with Crippen molar-refractivity contribution in [1.82, 2.24) is 15.1 Å². The fourth-order valence-corrected chi connectivity index (χ4v) is 5.38. The largest absolute Gasteiger partial charge is 0.463 e. The van der Waals surface area contributed by atoms with E-state index in [2.05, 4.69) is 22.3 Å². The molecule has 0 aromatic heterocycles. The highest BCUT2D eigenvalue weighted by molar-refractivity contribution is 6.30. The summed E-state index contributed by atoms with van der Waals surface area (Å²) in [5.41, 5.74) is 2.90. The van der Waals surface area contributed by atoms with Gasteiger partial charge in [0.25, 0.3) is 0 Å². The summed E-state index contributed by atoms with van der Waals surface area (Å²) in [5, 5.41) is 3.63. The zero-order valence-electron chi connectivity index (χ0n) is 21.4. The highest BCUT2D eigenvalue weighted by Gasteiger charge is 2.37. The first kappa shape index (κ1) is 26.9. The molecule has 1 fully saturated rings. The van der Waals surface area contributed by atoms with E-state index in [0.29, 0.717) is 16.3 Å². The Morgan fingerprint density at radius 2 is 1.81 bits per heavy atom. The third kappa shape index (κ3) is 6.79. The highest BCUT2D eigenvalue weighted by atomic mass is 35.5. The molecule has 2 aromatic rings. The van der Waals surface area contributed by atoms with Gasteiger partial charge in [-0.2, -0.15) is 0 Å². The lowest BCUT2D eigenvalue weighted by molar-refractivity contribution is -0.141. The first-order valence-corrected chi connectivity index (χ1v) is 13.2. The van der Waals surface area contributed by atoms with E-state index in [1.165, 1.54) is 10.5 Å². The fraction of sp³-hybridized carbons (Fsp3) is 0.414. The van der Waals surface area contributed by atoms with Gasteiger partial charge in [-0.25, -0.2) is 4.79 Å². The average molecular weight is 524 g/mol. The Morgan fingerprint density at radius 1 is 1.08 bits per heavy atom. The van der Waals surface area contributed by atoms with Gasteiger partial charge >= 0.3 is 5.97 Å². The van der Waals surface area contributed by atoms with Gasteiger partial charge in [0.05, 0.1) is 12.2 Å². The quantitative estimate of drug-likeness (QED) is 0.523. The summed E-state index contributed by atoms with van der Waals surface area (Å²) in [4.78, 5) is 42.9. The van der Waals surface area contributed by atoms with Gasteiger partial charge in [0, 0.05) is 48.7 Å². The van der Waals surface area contributed by atoms with Crippen LogP contribution in [0.5, 0.6) is 0 Å². The van der Waals surface area contributed by atoms with Gasteiger partial charge in [0.1, 0.15) is 6.54 Å².